The number of para-hydroxylation sites is 1. The van der Waals surface area contributed by atoms with Crippen LogP contribution in [0.3, 0.4) is 0 Å². The fourth-order valence-corrected chi connectivity index (χ4v) is 5.04. The number of aliphatic hydroxyl groups excluding tert-OH is 1. The lowest BCUT2D eigenvalue weighted by molar-refractivity contribution is 0.0918. The highest BCUT2D eigenvalue weighted by atomic mass is 19.1. The number of benzene rings is 3. The number of aromatic nitrogens is 2. The number of ether oxygens (including phenoxy) is 4. The third-order valence-electron chi connectivity index (χ3n) is 6.98. The third-order valence-corrected chi connectivity index (χ3v) is 6.98. The monoisotopic (exact) mass is 559 g/mol. The summed E-state index contributed by atoms with van der Waals surface area (Å²) in [4.78, 5) is 21.6. The smallest absolute Gasteiger partial charge is 0.252 e. The predicted octanol–water partition coefficient (Wildman–Crippen LogP) is 4.89. The quantitative estimate of drug-likeness (QED) is 0.223. The van der Waals surface area contributed by atoms with Gasteiger partial charge in [0.25, 0.3) is 5.91 Å². The number of nitrogens with zero attached hydrogens (tertiary/aromatic N) is 1. The van der Waals surface area contributed by atoms with Gasteiger partial charge >= 0.3 is 0 Å². The van der Waals surface area contributed by atoms with Gasteiger partial charge in [-0.25, -0.2) is 9.37 Å². The molecule has 212 valence electrons. The van der Waals surface area contributed by atoms with Crippen molar-refractivity contribution < 1.29 is 33.2 Å². The number of fused-ring (bicyclic) bond motifs is 2. The summed E-state index contributed by atoms with van der Waals surface area (Å²) < 4.78 is 36.0. The maximum Gasteiger partial charge on any atom is 0.252 e. The predicted molar refractivity (Wildman–Crippen MR) is 154 cm³/mol. The van der Waals surface area contributed by atoms with Gasteiger partial charge in [-0.05, 0) is 48.4 Å². The van der Waals surface area contributed by atoms with E-state index in [1.165, 1.54) is 40.6 Å². The summed E-state index contributed by atoms with van der Waals surface area (Å²) in [5, 5.41) is 14.6. The van der Waals surface area contributed by atoms with Gasteiger partial charge in [0.1, 0.15) is 5.82 Å². The minimum atomic E-state index is -0.599. The van der Waals surface area contributed by atoms with Crippen LogP contribution < -0.4 is 24.3 Å². The van der Waals surface area contributed by atoms with Gasteiger partial charge in [0.05, 0.1) is 63.4 Å². The minimum Gasteiger partial charge on any atom is -0.493 e. The summed E-state index contributed by atoms with van der Waals surface area (Å²) >= 11 is 0. The number of carbonyl (C=O) groups is 1. The van der Waals surface area contributed by atoms with Crippen LogP contribution in [0.25, 0.3) is 33.1 Å². The Hall–Kier alpha value is -4.83. The molecule has 0 fully saturated rings. The Balaban J connectivity index is 1.55. The van der Waals surface area contributed by atoms with E-state index in [0.29, 0.717) is 62.7 Å². The average Bonchev–Trinajstić information content (AvgIpc) is 3.39. The van der Waals surface area contributed by atoms with Gasteiger partial charge in [0.15, 0.2) is 11.5 Å². The number of aromatic amines is 1. The highest BCUT2D eigenvalue weighted by molar-refractivity contribution is 6.07. The molecule has 3 N–H and O–H groups in total. The van der Waals surface area contributed by atoms with Crippen LogP contribution in [0.5, 0.6) is 23.0 Å². The van der Waals surface area contributed by atoms with Crippen molar-refractivity contribution in [2.24, 2.45) is 0 Å². The van der Waals surface area contributed by atoms with E-state index in [0.717, 1.165) is 10.9 Å². The first kappa shape index (κ1) is 27.7. The second-order valence-corrected chi connectivity index (χ2v) is 9.36. The molecule has 0 spiro atoms. The Kier molecular flexibility index (Phi) is 7.93. The summed E-state index contributed by atoms with van der Waals surface area (Å²) in [5.74, 6) is 0.719. The Bertz CT molecular complexity index is 1730. The molecular weight excluding hydrogens is 529 g/mol. The molecule has 41 heavy (non-hydrogen) atoms. The van der Waals surface area contributed by atoms with Crippen LogP contribution in [0.1, 0.15) is 15.9 Å². The van der Waals surface area contributed by atoms with Crippen LogP contribution >= 0.6 is 0 Å². The first-order valence-electron chi connectivity index (χ1n) is 12.9. The fourth-order valence-electron chi connectivity index (χ4n) is 5.04. The van der Waals surface area contributed by atoms with Crippen LogP contribution in [-0.2, 0) is 6.42 Å². The number of rotatable bonds is 10. The number of hydrogen-bond donors (Lipinski definition) is 3. The molecule has 10 heteroatoms. The van der Waals surface area contributed by atoms with E-state index in [1.807, 2.05) is 24.3 Å². The third kappa shape index (κ3) is 5.21. The zero-order valence-electron chi connectivity index (χ0n) is 23.1. The topological polar surface area (TPSA) is 115 Å². The number of H-pyrrole nitrogens is 1. The first-order chi connectivity index (χ1) is 19.9. The van der Waals surface area contributed by atoms with Gasteiger partial charge in [-0.15, -0.1) is 0 Å². The van der Waals surface area contributed by atoms with Crippen LogP contribution in [0.4, 0.5) is 4.39 Å². The first-order valence-corrected chi connectivity index (χ1v) is 12.9. The number of methoxy groups -OCH3 is 4. The van der Waals surface area contributed by atoms with E-state index < -0.39 is 6.04 Å². The van der Waals surface area contributed by atoms with E-state index in [-0.39, 0.29) is 18.3 Å². The Morgan fingerprint density at radius 3 is 2.41 bits per heavy atom. The number of amides is 1. The SMILES string of the molecule is COc1cc(-c2cc(C(=O)NC(CO)Cc3c[nH]c4cc(F)ccc34)c3ccccc3n2)c(OC)c(OC)c1OC. The molecule has 5 aromatic rings. The van der Waals surface area contributed by atoms with Gasteiger partial charge < -0.3 is 34.4 Å². The average molecular weight is 560 g/mol. The normalized spacial score (nSPS) is 11.9. The molecule has 3 aromatic carbocycles. The molecular formula is C31H30FN3O6. The molecule has 0 aliphatic rings. The van der Waals surface area contributed by atoms with E-state index in [1.54, 1.807) is 24.4 Å². The molecule has 1 amide bonds. The molecule has 5 rings (SSSR count). The lowest BCUT2D eigenvalue weighted by Crippen LogP contribution is -2.39. The highest BCUT2D eigenvalue weighted by Crippen LogP contribution is 2.50. The molecule has 0 bridgehead atoms. The number of halogens is 1. The molecule has 0 saturated heterocycles. The van der Waals surface area contributed by atoms with E-state index >= 15 is 0 Å². The standard InChI is InChI=1S/C31H30FN3O6/c1-38-27-14-23(28(39-2)30(41-4)29(27)40-3)26-13-22(21-7-5-6-8-24(21)35-26)31(37)34-19(16-36)11-17-15-33-25-12-18(32)9-10-20(17)25/h5-10,12-15,19,33,36H,11,16H2,1-4H3,(H,34,37). The van der Waals surface area contributed by atoms with Crippen molar-refractivity contribution in [1.29, 1.82) is 0 Å². The lowest BCUT2D eigenvalue weighted by atomic mass is 10.0. The van der Waals surface area contributed by atoms with Crippen molar-refractivity contribution in [3.8, 4) is 34.3 Å². The van der Waals surface area contributed by atoms with Crippen LogP contribution in [-0.4, -0.2) is 62.1 Å². The summed E-state index contributed by atoms with van der Waals surface area (Å²) in [6, 6.07) is 14.6. The number of aliphatic hydroxyl groups is 1. The number of pyridine rings is 1. The Morgan fingerprint density at radius 1 is 0.951 bits per heavy atom. The van der Waals surface area contributed by atoms with Crippen molar-refractivity contribution in [3.05, 3.63) is 77.7 Å². The van der Waals surface area contributed by atoms with E-state index in [2.05, 4.69) is 10.3 Å². The Morgan fingerprint density at radius 2 is 1.71 bits per heavy atom. The molecule has 1 atom stereocenters. The zero-order chi connectivity index (χ0) is 29.1. The van der Waals surface area contributed by atoms with Gasteiger partial charge in [-0.2, -0.15) is 0 Å². The van der Waals surface area contributed by atoms with Crippen molar-refractivity contribution in [1.82, 2.24) is 15.3 Å². The number of nitrogens with one attached hydrogen (secondary N) is 2. The number of hydrogen-bond acceptors (Lipinski definition) is 7. The summed E-state index contributed by atoms with van der Waals surface area (Å²) in [6.45, 7) is -0.295. The zero-order valence-corrected chi connectivity index (χ0v) is 23.1. The Labute approximate surface area is 235 Å². The molecule has 9 nitrogen and oxygen atoms in total. The molecule has 2 heterocycles. The second kappa shape index (κ2) is 11.7. The molecule has 0 aliphatic carbocycles. The van der Waals surface area contributed by atoms with Crippen LogP contribution in [0, 0.1) is 5.82 Å². The fraction of sp³-hybridized carbons (Fsp3) is 0.226. The molecule has 0 saturated carbocycles. The second-order valence-electron chi connectivity index (χ2n) is 9.36. The summed E-state index contributed by atoms with van der Waals surface area (Å²) in [7, 11) is 6.02. The maximum absolute atomic E-state index is 13.7. The van der Waals surface area contributed by atoms with Crippen molar-refractivity contribution in [2.45, 2.75) is 12.5 Å². The van der Waals surface area contributed by atoms with Crippen molar-refractivity contribution in [3.63, 3.8) is 0 Å². The maximum atomic E-state index is 13.7. The van der Waals surface area contributed by atoms with Crippen molar-refractivity contribution in [2.75, 3.05) is 35.0 Å². The molecule has 2 aromatic heterocycles. The molecule has 0 radical (unpaired) electrons. The minimum absolute atomic E-state index is 0.295. The van der Waals surface area contributed by atoms with E-state index in [9.17, 15) is 14.3 Å². The molecule has 0 aliphatic heterocycles. The lowest BCUT2D eigenvalue weighted by Gasteiger charge is -2.20. The number of carbonyl (C=O) groups excluding carboxylic acids is 1. The van der Waals surface area contributed by atoms with Gasteiger partial charge in [0.2, 0.25) is 11.5 Å². The highest BCUT2D eigenvalue weighted by Gasteiger charge is 2.25. The van der Waals surface area contributed by atoms with Crippen molar-refractivity contribution >= 4 is 27.7 Å². The van der Waals surface area contributed by atoms with Gasteiger partial charge in [0, 0.05) is 22.5 Å². The van der Waals surface area contributed by atoms with Crippen LogP contribution in [0.15, 0.2) is 60.8 Å². The largest absolute Gasteiger partial charge is 0.493 e. The van der Waals surface area contributed by atoms with E-state index in [4.69, 9.17) is 23.9 Å². The molecule has 1 unspecified atom stereocenters. The summed E-state index contributed by atoms with van der Waals surface area (Å²) in [6.07, 6.45) is 2.10. The van der Waals surface area contributed by atoms with Gasteiger partial charge in [-0.1, -0.05) is 18.2 Å². The van der Waals surface area contributed by atoms with Crippen LogP contribution in [0.2, 0.25) is 0 Å². The van der Waals surface area contributed by atoms with Gasteiger partial charge in [-0.3, -0.25) is 4.79 Å². The summed E-state index contributed by atoms with van der Waals surface area (Å²) in [5.41, 5.74) is 3.43.